The van der Waals surface area contributed by atoms with Crippen LogP contribution in [0.4, 0.5) is 5.69 Å². The minimum Gasteiger partial charge on any atom is -0.465 e. The fourth-order valence-corrected chi connectivity index (χ4v) is 2.47. The molecule has 0 radical (unpaired) electrons. The van der Waals surface area contributed by atoms with Gasteiger partial charge in [-0.05, 0) is 58.2 Å². The topological polar surface area (TPSA) is 38.3 Å². The molecule has 2 rings (SSSR count). The van der Waals surface area contributed by atoms with Crippen LogP contribution >= 0.6 is 15.9 Å². The van der Waals surface area contributed by atoms with Crippen molar-refractivity contribution in [2.45, 2.75) is 13.5 Å². The Morgan fingerprint density at radius 1 is 1.20 bits per heavy atom. The largest absolute Gasteiger partial charge is 0.465 e. The lowest BCUT2D eigenvalue weighted by atomic mass is 10.1. The van der Waals surface area contributed by atoms with Crippen LogP contribution in [0.2, 0.25) is 0 Å². The molecule has 0 saturated heterocycles. The lowest BCUT2D eigenvalue weighted by Crippen LogP contribution is -2.03. The van der Waals surface area contributed by atoms with Crippen molar-refractivity contribution in [2.24, 2.45) is 0 Å². The molecule has 0 spiro atoms. The van der Waals surface area contributed by atoms with Crippen LogP contribution in [-0.2, 0) is 11.3 Å². The highest BCUT2D eigenvalue weighted by Crippen LogP contribution is 2.23. The lowest BCUT2D eigenvalue weighted by molar-refractivity contribution is 0.0600. The number of carbonyl (C=O) groups excluding carboxylic acids is 1. The van der Waals surface area contributed by atoms with Crippen molar-refractivity contribution < 1.29 is 9.53 Å². The van der Waals surface area contributed by atoms with E-state index >= 15 is 0 Å². The summed E-state index contributed by atoms with van der Waals surface area (Å²) in [5.41, 5.74) is 3.93. The van der Waals surface area contributed by atoms with Crippen molar-refractivity contribution in [3.63, 3.8) is 0 Å². The van der Waals surface area contributed by atoms with Gasteiger partial charge in [0.1, 0.15) is 0 Å². The van der Waals surface area contributed by atoms with Crippen LogP contribution in [0.15, 0.2) is 46.9 Å². The van der Waals surface area contributed by atoms with E-state index in [1.54, 1.807) is 12.1 Å². The Kier molecular flexibility index (Phi) is 4.79. The first kappa shape index (κ1) is 14.6. The van der Waals surface area contributed by atoms with E-state index in [0.29, 0.717) is 12.1 Å². The van der Waals surface area contributed by atoms with E-state index in [4.69, 9.17) is 0 Å². The Hall–Kier alpha value is -1.81. The van der Waals surface area contributed by atoms with Crippen LogP contribution in [0.3, 0.4) is 0 Å². The maximum absolute atomic E-state index is 11.3. The Balaban J connectivity index is 2.02. The maximum atomic E-state index is 11.3. The number of benzene rings is 2. The second-order valence-electron chi connectivity index (χ2n) is 4.53. The van der Waals surface area contributed by atoms with Gasteiger partial charge in [0.15, 0.2) is 0 Å². The summed E-state index contributed by atoms with van der Waals surface area (Å²) in [4.78, 5) is 11.3. The number of ether oxygens (including phenoxy) is 1. The summed E-state index contributed by atoms with van der Waals surface area (Å²) in [5.74, 6) is -0.314. The quantitative estimate of drug-likeness (QED) is 0.854. The summed E-state index contributed by atoms with van der Waals surface area (Å²) in [6, 6.07) is 13.6. The van der Waals surface area contributed by atoms with Gasteiger partial charge in [-0.15, -0.1) is 0 Å². The molecule has 0 amide bonds. The summed E-state index contributed by atoms with van der Waals surface area (Å²) < 4.78 is 5.72. The predicted molar refractivity (Wildman–Crippen MR) is 84.0 cm³/mol. The molecule has 0 aliphatic heterocycles. The van der Waals surface area contributed by atoms with Crippen LogP contribution in [0.25, 0.3) is 0 Å². The van der Waals surface area contributed by atoms with Crippen LogP contribution in [0.5, 0.6) is 0 Å². The third-order valence-corrected chi connectivity index (χ3v) is 3.64. The molecule has 0 unspecified atom stereocenters. The molecule has 3 nitrogen and oxygen atoms in total. The number of carbonyl (C=O) groups is 1. The third kappa shape index (κ3) is 3.61. The van der Waals surface area contributed by atoms with Gasteiger partial charge in [0, 0.05) is 16.7 Å². The molecule has 0 aromatic heterocycles. The summed E-state index contributed by atoms with van der Waals surface area (Å²) in [5, 5.41) is 3.36. The third-order valence-electron chi connectivity index (χ3n) is 2.98. The minimum atomic E-state index is -0.314. The molecule has 1 N–H and O–H groups in total. The number of halogens is 1. The van der Waals surface area contributed by atoms with Gasteiger partial charge in [0.2, 0.25) is 0 Å². The van der Waals surface area contributed by atoms with E-state index in [1.807, 2.05) is 18.2 Å². The van der Waals surface area contributed by atoms with E-state index in [-0.39, 0.29) is 5.97 Å². The molecular weight excluding hydrogens is 318 g/mol. The molecule has 2 aromatic carbocycles. The highest BCUT2D eigenvalue weighted by molar-refractivity contribution is 9.10. The summed E-state index contributed by atoms with van der Waals surface area (Å²) >= 11 is 3.54. The average molecular weight is 334 g/mol. The smallest absolute Gasteiger partial charge is 0.337 e. The van der Waals surface area contributed by atoms with Crippen molar-refractivity contribution >= 4 is 27.6 Å². The van der Waals surface area contributed by atoms with Gasteiger partial charge in [0.05, 0.1) is 12.7 Å². The molecule has 0 saturated carbocycles. The molecule has 0 atom stereocenters. The molecular formula is C16H16BrNO2. The number of nitrogens with one attached hydrogen (secondary N) is 1. The maximum Gasteiger partial charge on any atom is 0.337 e. The molecule has 0 heterocycles. The van der Waals surface area contributed by atoms with Crippen molar-refractivity contribution in [3.8, 4) is 0 Å². The molecule has 4 heteroatoms. The summed E-state index contributed by atoms with van der Waals surface area (Å²) in [7, 11) is 1.38. The second kappa shape index (κ2) is 6.57. The minimum absolute atomic E-state index is 0.314. The van der Waals surface area contributed by atoms with E-state index in [0.717, 1.165) is 15.7 Å². The molecule has 104 valence electrons. The van der Waals surface area contributed by atoms with E-state index < -0.39 is 0 Å². The predicted octanol–water partition coefficient (Wildman–Crippen LogP) is 4.16. The Morgan fingerprint density at radius 2 is 1.90 bits per heavy atom. The Labute approximate surface area is 127 Å². The van der Waals surface area contributed by atoms with Gasteiger partial charge in [-0.25, -0.2) is 4.79 Å². The Morgan fingerprint density at radius 3 is 2.50 bits per heavy atom. The zero-order valence-corrected chi connectivity index (χ0v) is 13.0. The van der Waals surface area contributed by atoms with E-state index in [2.05, 4.69) is 45.0 Å². The fraction of sp³-hybridized carbons (Fsp3) is 0.188. The first-order valence-corrected chi connectivity index (χ1v) is 7.06. The summed E-state index contributed by atoms with van der Waals surface area (Å²) in [6.07, 6.45) is 0. The van der Waals surface area contributed by atoms with E-state index in [1.165, 1.54) is 12.7 Å². The zero-order chi connectivity index (χ0) is 14.5. The molecule has 0 aliphatic rings. The van der Waals surface area contributed by atoms with Crippen LogP contribution in [0.1, 0.15) is 21.5 Å². The highest BCUT2D eigenvalue weighted by Gasteiger charge is 2.04. The highest BCUT2D eigenvalue weighted by atomic mass is 79.9. The molecule has 0 bridgehead atoms. The van der Waals surface area contributed by atoms with Crippen molar-refractivity contribution in [2.75, 3.05) is 12.4 Å². The molecule has 0 aliphatic carbocycles. The monoisotopic (exact) mass is 333 g/mol. The number of anilines is 1. The van der Waals surface area contributed by atoms with Gasteiger partial charge in [-0.1, -0.05) is 18.2 Å². The second-order valence-corrected chi connectivity index (χ2v) is 5.38. The van der Waals surface area contributed by atoms with Crippen molar-refractivity contribution in [1.29, 1.82) is 0 Å². The number of methoxy groups -OCH3 is 1. The van der Waals surface area contributed by atoms with Crippen LogP contribution < -0.4 is 5.32 Å². The number of hydrogen-bond acceptors (Lipinski definition) is 3. The first-order valence-electron chi connectivity index (χ1n) is 6.27. The molecule has 0 fully saturated rings. The normalized spacial score (nSPS) is 10.2. The van der Waals surface area contributed by atoms with Crippen LogP contribution in [0, 0.1) is 6.92 Å². The van der Waals surface area contributed by atoms with Gasteiger partial charge in [-0.2, -0.15) is 0 Å². The number of hydrogen-bond donors (Lipinski definition) is 1. The standard InChI is InChI=1S/C16H16BrNO2/c1-11-3-8-15(14(17)9-11)18-10-12-4-6-13(7-5-12)16(19)20-2/h3-9,18H,10H2,1-2H3. The number of aryl methyl sites for hydroxylation is 1. The van der Waals surface area contributed by atoms with Crippen molar-refractivity contribution in [1.82, 2.24) is 0 Å². The first-order chi connectivity index (χ1) is 9.60. The summed E-state index contributed by atoms with van der Waals surface area (Å²) in [6.45, 7) is 2.75. The van der Waals surface area contributed by atoms with Gasteiger partial charge in [-0.3, -0.25) is 0 Å². The SMILES string of the molecule is COC(=O)c1ccc(CNc2ccc(C)cc2Br)cc1. The average Bonchev–Trinajstić information content (AvgIpc) is 2.46. The van der Waals surface area contributed by atoms with Crippen LogP contribution in [-0.4, -0.2) is 13.1 Å². The molecule has 2 aromatic rings. The fourth-order valence-electron chi connectivity index (χ4n) is 1.84. The van der Waals surface area contributed by atoms with Gasteiger partial charge in [0.25, 0.3) is 0 Å². The number of esters is 1. The van der Waals surface area contributed by atoms with E-state index in [9.17, 15) is 4.79 Å². The van der Waals surface area contributed by atoms with Crippen molar-refractivity contribution in [3.05, 3.63) is 63.6 Å². The number of rotatable bonds is 4. The van der Waals surface area contributed by atoms with Gasteiger partial charge >= 0.3 is 5.97 Å². The lowest BCUT2D eigenvalue weighted by Gasteiger charge is -2.09. The zero-order valence-electron chi connectivity index (χ0n) is 11.4. The Bertz CT molecular complexity index is 608. The molecule has 20 heavy (non-hydrogen) atoms. The van der Waals surface area contributed by atoms with Gasteiger partial charge < -0.3 is 10.1 Å².